The Kier molecular flexibility index (Phi) is 4.79. The third kappa shape index (κ3) is 4.25. The van der Waals surface area contributed by atoms with E-state index >= 15 is 0 Å². The largest absolute Gasteiger partial charge is 0.454 e. The van der Waals surface area contributed by atoms with E-state index in [9.17, 15) is 4.79 Å². The van der Waals surface area contributed by atoms with Gasteiger partial charge < -0.3 is 15.8 Å². The van der Waals surface area contributed by atoms with Gasteiger partial charge in [-0.1, -0.05) is 18.2 Å². The third-order valence-corrected chi connectivity index (χ3v) is 3.34. The molecule has 0 aliphatic heterocycles. The lowest BCUT2D eigenvalue weighted by molar-refractivity contribution is 0.0462. The molecule has 25 heavy (non-hydrogen) atoms. The van der Waals surface area contributed by atoms with Crippen molar-refractivity contribution in [2.75, 3.05) is 11.1 Å². The first-order chi connectivity index (χ1) is 12.1. The summed E-state index contributed by atoms with van der Waals surface area (Å²) in [6, 6.07) is 10.8. The number of esters is 1. The van der Waals surface area contributed by atoms with E-state index in [1.54, 1.807) is 12.1 Å². The maximum absolute atomic E-state index is 12.0. The van der Waals surface area contributed by atoms with Gasteiger partial charge in [0.15, 0.2) is 12.4 Å². The summed E-state index contributed by atoms with van der Waals surface area (Å²) in [6.45, 7) is 1.85. The van der Waals surface area contributed by atoms with Crippen LogP contribution in [-0.2, 0) is 11.3 Å². The number of nitrogen functional groups attached to an aromatic ring is 1. The number of nitrogens with zero attached hydrogens (tertiary/aromatic N) is 4. The van der Waals surface area contributed by atoms with Crippen molar-refractivity contribution < 1.29 is 9.53 Å². The fourth-order valence-corrected chi connectivity index (χ4v) is 2.09. The minimum absolute atomic E-state index is 0.0426. The number of ether oxygens (including phenoxy) is 1. The Balaban J connectivity index is 1.71. The molecular weight excluding hydrogens is 320 g/mol. The number of hydrogen-bond acceptors (Lipinski definition) is 8. The van der Waals surface area contributed by atoms with Gasteiger partial charge in [0.05, 0.1) is 5.56 Å². The number of carbonyl (C=O) groups excluding carboxylic acids is 1. The van der Waals surface area contributed by atoms with Crippen molar-refractivity contribution in [3.8, 4) is 0 Å². The first kappa shape index (κ1) is 16.3. The van der Waals surface area contributed by atoms with Crippen LogP contribution >= 0.6 is 0 Å². The Bertz CT molecular complexity index is 885. The second-order valence-electron chi connectivity index (χ2n) is 5.19. The number of benzene rings is 1. The van der Waals surface area contributed by atoms with Crippen molar-refractivity contribution in [3.63, 3.8) is 0 Å². The lowest BCUT2D eigenvalue weighted by Crippen LogP contribution is -2.11. The van der Waals surface area contributed by atoms with Crippen molar-refractivity contribution >= 4 is 23.6 Å². The average Bonchev–Trinajstić information content (AvgIpc) is 2.62. The van der Waals surface area contributed by atoms with E-state index in [1.807, 2.05) is 31.2 Å². The van der Waals surface area contributed by atoms with Gasteiger partial charge in [0.2, 0.25) is 11.9 Å². The van der Waals surface area contributed by atoms with Gasteiger partial charge in [0.25, 0.3) is 0 Å². The van der Waals surface area contributed by atoms with E-state index in [0.29, 0.717) is 5.56 Å². The zero-order chi connectivity index (χ0) is 17.6. The van der Waals surface area contributed by atoms with Crippen LogP contribution in [0.1, 0.15) is 21.7 Å². The molecule has 0 radical (unpaired) electrons. The second kappa shape index (κ2) is 7.35. The van der Waals surface area contributed by atoms with Crippen molar-refractivity contribution in [3.05, 3.63) is 65.7 Å². The van der Waals surface area contributed by atoms with Crippen LogP contribution in [0.2, 0.25) is 0 Å². The second-order valence-corrected chi connectivity index (χ2v) is 5.19. The minimum Gasteiger partial charge on any atom is -0.454 e. The fraction of sp³-hybridized carbons (Fsp3) is 0.118. The molecule has 0 amide bonds. The van der Waals surface area contributed by atoms with E-state index in [4.69, 9.17) is 10.5 Å². The lowest BCUT2D eigenvalue weighted by Gasteiger charge is -2.09. The van der Waals surface area contributed by atoms with Crippen molar-refractivity contribution in [2.24, 2.45) is 0 Å². The molecule has 0 aliphatic rings. The van der Waals surface area contributed by atoms with Gasteiger partial charge in [-0.15, -0.1) is 0 Å². The molecule has 8 nitrogen and oxygen atoms in total. The highest BCUT2D eigenvalue weighted by atomic mass is 16.5. The predicted octanol–water partition coefficient (Wildman–Crippen LogP) is 2.26. The highest BCUT2D eigenvalue weighted by Crippen LogP contribution is 2.18. The molecule has 126 valence electrons. The summed E-state index contributed by atoms with van der Waals surface area (Å²) >= 11 is 0. The number of aromatic nitrogens is 4. The van der Waals surface area contributed by atoms with Crippen LogP contribution in [0.15, 0.2) is 48.8 Å². The standard InChI is InChI=1S/C17H16N6O2/c1-11-4-2-3-5-13(11)20-17-22-14(21-16(18)23-17)10-25-15(24)12-6-8-19-9-7-12/h2-9H,10H2,1H3,(H3,18,20,21,22,23). The Morgan fingerprint density at radius 3 is 2.64 bits per heavy atom. The molecule has 0 saturated heterocycles. The summed E-state index contributed by atoms with van der Waals surface area (Å²) in [5.74, 6) is 0.0959. The number of rotatable bonds is 5. The highest BCUT2D eigenvalue weighted by Gasteiger charge is 2.10. The molecule has 2 heterocycles. The first-order valence-electron chi connectivity index (χ1n) is 7.52. The van der Waals surface area contributed by atoms with Gasteiger partial charge in [-0.25, -0.2) is 4.79 Å². The monoisotopic (exact) mass is 336 g/mol. The molecule has 2 aromatic heterocycles. The molecule has 3 aromatic rings. The van der Waals surface area contributed by atoms with Gasteiger partial charge in [-0.05, 0) is 30.7 Å². The van der Waals surface area contributed by atoms with E-state index in [0.717, 1.165) is 11.3 Å². The van der Waals surface area contributed by atoms with E-state index in [2.05, 4.69) is 25.3 Å². The molecule has 3 rings (SSSR count). The summed E-state index contributed by atoms with van der Waals surface area (Å²) in [4.78, 5) is 28.1. The zero-order valence-electron chi connectivity index (χ0n) is 13.5. The Morgan fingerprint density at radius 2 is 1.88 bits per heavy atom. The van der Waals surface area contributed by atoms with Gasteiger partial charge >= 0.3 is 5.97 Å². The molecule has 3 N–H and O–H groups in total. The number of hydrogen-bond donors (Lipinski definition) is 2. The molecular formula is C17H16N6O2. The van der Waals surface area contributed by atoms with Crippen LogP contribution in [0.3, 0.4) is 0 Å². The number of carbonyl (C=O) groups is 1. The maximum Gasteiger partial charge on any atom is 0.338 e. The molecule has 0 unspecified atom stereocenters. The van der Waals surface area contributed by atoms with Crippen LogP contribution in [0.5, 0.6) is 0 Å². The Morgan fingerprint density at radius 1 is 1.12 bits per heavy atom. The Labute approximate surface area is 144 Å². The highest BCUT2D eigenvalue weighted by molar-refractivity contribution is 5.89. The average molecular weight is 336 g/mol. The molecule has 0 saturated carbocycles. The summed E-state index contributed by atoms with van der Waals surface area (Å²) in [5, 5.41) is 3.08. The van der Waals surface area contributed by atoms with Crippen LogP contribution in [-0.4, -0.2) is 25.9 Å². The van der Waals surface area contributed by atoms with E-state index in [1.165, 1.54) is 12.4 Å². The molecule has 0 aliphatic carbocycles. The fourth-order valence-electron chi connectivity index (χ4n) is 2.09. The van der Waals surface area contributed by atoms with Crippen LogP contribution in [0.25, 0.3) is 0 Å². The number of nitrogens with two attached hydrogens (primary N) is 1. The van der Waals surface area contributed by atoms with Crippen molar-refractivity contribution in [2.45, 2.75) is 13.5 Å². The van der Waals surface area contributed by atoms with Gasteiger partial charge in [-0.2, -0.15) is 15.0 Å². The van der Waals surface area contributed by atoms with Crippen LogP contribution < -0.4 is 11.1 Å². The number of anilines is 3. The first-order valence-corrected chi connectivity index (χ1v) is 7.52. The normalized spacial score (nSPS) is 10.3. The SMILES string of the molecule is Cc1ccccc1Nc1nc(N)nc(COC(=O)c2ccncc2)n1. The lowest BCUT2D eigenvalue weighted by atomic mass is 10.2. The van der Waals surface area contributed by atoms with Gasteiger partial charge in [0, 0.05) is 18.1 Å². The number of aryl methyl sites for hydroxylation is 1. The van der Waals surface area contributed by atoms with Crippen LogP contribution in [0.4, 0.5) is 17.6 Å². The summed E-state index contributed by atoms with van der Waals surface area (Å²) < 4.78 is 5.20. The van der Waals surface area contributed by atoms with Crippen molar-refractivity contribution in [1.82, 2.24) is 19.9 Å². The van der Waals surface area contributed by atoms with Gasteiger partial charge in [-0.3, -0.25) is 4.98 Å². The van der Waals surface area contributed by atoms with Crippen molar-refractivity contribution in [1.29, 1.82) is 0 Å². The number of para-hydroxylation sites is 1. The van der Waals surface area contributed by atoms with Gasteiger partial charge in [0.1, 0.15) is 0 Å². The number of nitrogens with one attached hydrogen (secondary N) is 1. The topological polar surface area (TPSA) is 116 Å². The quantitative estimate of drug-likeness (QED) is 0.682. The minimum atomic E-state index is -0.491. The molecule has 0 fully saturated rings. The molecule has 8 heteroatoms. The zero-order valence-corrected chi connectivity index (χ0v) is 13.5. The summed E-state index contributed by atoms with van der Waals surface area (Å²) in [6.07, 6.45) is 3.03. The van der Waals surface area contributed by atoms with E-state index < -0.39 is 5.97 Å². The summed E-state index contributed by atoms with van der Waals surface area (Å²) in [7, 11) is 0. The maximum atomic E-state index is 12.0. The molecule has 0 spiro atoms. The van der Waals surface area contributed by atoms with E-state index in [-0.39, 0.29) is 24.3 Å². The predicted molar refractivity (Wildman–Crippen MR) is 92.1 cm³/mol. The Hall–Kier alpha value is -3.55. The molecule has 1 aromatic carbocycles. The number of pyridine rings is 1. The third-order valence-electron chi connectivity index (χ3n) is 3.34. The van der Waals surface area contributed by atoms with Crippen LogP contribution in [0, 0.1) is 6.92 Å². The summed E-state index contributed by atoms with van der Waals surface area (Å²) in [5.41, 5.74) is 8.00. The molecule has 0 bridgehead atoms. The smallest absolute Gasteiger partial charge is 0.338 e. The molecule has 0 atom stereocenters.